The molecule has 62 valence electrons. The molecule has 0 aromatic heterocycles. The first-order valence-electron chi connectivity index (χ1n) is 3.54. The van der Waals surface area contributed by atoms with Gasteiger partial charge < -0.3 is 9.84 Å². The van der Waals surface area contributed by atoms with Crippen LogP contribution in [0, 0.1) is 5.92 Å². The number of hydrogen-bond donors (Lipinski definition) is 1. The predicted molar refractivity (Wildman–Crippen MR) is 40.0 cm³/mol. The smallest absolute Gasteiger partial charge is 0.314 e. The molecule has 1 atom stereocenters. The summed E-state index contributed by atoms with van der Waals surface area (Å²) in [6, 6.07) is 0. The van der Waals surface area contributed by atoms with Gasteiger partial charge in [-0.05, 0) is 26.8 Å². The van der Waals surface area contributed by atoms with Gasteiger partial charge in [-0.2, -0.15) is 0 Å². The van der Waals surface area contributed by atoms with Gasteiger partial charge in [0.25, 0.3) is 0 Å². The van der Waals surface area contributed by atoms with Gasteiger partial charge in [-0.3, -0.25) is 4.79 Å². The zero-order chi connectivity index (χ0) is 8.65. The van der Waals surface area contributed by atoms with Crippen molar-refractivity contribution in [3.05, 3.63) is 11.8 Å². The zero-order valence-electron chi connectivity index (χ0n) is 6.92. The lowest BCUT2D eigenvalue weighted by atomic mass is 9.93. The van der Waals surface area contributed by atoms with Gasteiger partial charge in [0.2, 0.25) is 0 Å². The minimum atomic E-state index is -0.827. The summed E-state index contributed by atoms with van der Waals surface area (Å²) >= 11 is 0. The summed E-state index contributed by atoms with van der Waals surface area (Å²) in [5.74, 6) is -0.642. The van der Waals surface area contributed by atoms with Crippen molar-refractivity contribution >= 4 is 5.97 Å². The van der Waals surface area contributed by atoms with Gasteiger partial charge in [0.05, 0.1) is 5.76 Å². The molecule has 0 saturated carbocycles. The topological polar surface area (TPSA) is 46.5 Å². The number of ether oxygens (including phenoxy) is 1. The maximum atomic E-state index is 10.6. The van der Waals surface area contributed by atoms with Crippen molar-refractivity contribution in [1.29, 1.82) is 0 Å². The van der Waals surface area contributed by atoms with Crippen LogP contribution in [0.5, 0.6) is 0 Å². The Labute approximate surface area is 65.7 Å². The minimum Gasteiger partial charge on any atom is -0.492 e. The van der Waals surface area contributed by atoms with Crippen molar-refractivity contribution in [3.8, 4) is 0 Å². The van der Waals surface area contributed by atoms with Crippen LogP contribution in [0.1, 0.15) is 20.8 Å². The molecule has 0 radical (unpaired) electrons. The molecule has 0 aliphatic carbocycles. The Balaban J connectivity index is 2.86. The first-order valence-corrected chi connectivity index (χ1v) is 3.54. The van der Waals surface area contributed by atoms with Crippen LogP contribution in [0.15, 0.2) is 11.8 Å². The second-order valence-corrected chi connectivity index (χ2v) is 3.30. The van der Waals surface area contributed by atoms with Gasteiger partial charge in [0, 0.05) is 0 Å². The molecule has 1 unspecified atom stereocenters. The van der Waals surface area contributed by atoms with Gasteiger partial charge in [-0.25, -0.2) is 0 Å². The average molecular weight is 156 g/mol. The van der Waals surface area contributed by atoms with Gasteiger partial charge in [0.1, 0.15) is 11.5 Å². The van der Waals surface area contributed by atoms with Crippen LogP contribution in [0.2, 0.25) is 0 Å². The average Bonchev–Trinajstić information content (AvgIpc) is 2.04. The fraction of sp³-hybridized carbons (Fsp3) is 0.625. The Bertz CT molecular complexity index is 215. The third-order valence-corrected chi connectivity index (χ3v) is 1.84. The number of allylic oxidation sites excluding steroid dienone is 1. The first kappa shape index (κ1) is 8.11. The lowest BCUT2D eigenvalue weighted by molar-refractivity contribution is -0.145. The van der Waals surface area contributed by atoms with Gasteiger partial charge >= 0.3 is 5.97 Å². The molecule has 0 saturated heterocycles. The molecule has 1 rings (SSSR count). The monoisotopic (exact) mass is 156 g/mol. The van der Waals surface area contributed by atoms with E-state index in [-0.39, 0.29) is 0 Å². The summed E-state index contributed by atoms with van der Waals surface area (Å²) in [7, 11) is 0. The Hall–Kier alpha value is -0.990. The van der Waals surface area contributed by atoms with Crippen LogP contribution < -0.4 is 0 Å². The highest BCUT2D eigenvalue weighted by Gasteiger charge is 2.40. The standard InChI is InChI=1S/C8H12O3/c1-5-4-6(7(9)10)8(2,3)11-5/h4,6H,1-3H3,(H,9,10). The molecule has 1 aliphatic heterocycles. The van der Waals surface area contributed by atoms with Crippen molar-refractivity contribution in [2.75, 3.05) is 0 Å². The van der Waals surface area contributed by atoms with Crippen LogP contribution in [0.4, 0.5) is 0 Å². The van der Waals surface area contributed by atoms with Crippen LogP contribution in [-0.2, 0) is 9.53 Å². The van der Waals surface area contributed by atoms with Crippen molar-refractivity contribution in [2.24, 2.45) is 5.92 Å². The molecule has 0 fully saturated rings. The van der Waals surface area contributed by atoms with Gasteiger partial charge in [-0.1, -0.05) is 0 Å². The van der Waals surface area contributed by atoms with Gasteiger partial charge in [0.15, 0.2) is 0 Å². The van der Waals surface area contributed by atoms with E-state index in [0.717, 1.165) is 0 Å². The van der Waals surface area contributed by atoms with E-state index in [9.17, 15) is 4.79 Å². The SMILES string of the molecule is CC1=CC(C(=O)O)C(C)(C)O1. The normalized spacial score (nSPS) is 27.5. The Morgan fingerprint density at radius 3 is 2.45 bits per heavy atom. The number of aliphatic carboxylic acids is 1. The minimum absolute atomic E-state index is 0.512. The highest BCUT2D eigenvalue weighted by molar-refractivity contribution is 5.74. The summed E-state index contributed by atoms with van der Waals surface area (Å²) in [6.07, 6.45) is 1.64. The van der Waals surface area contributed by atoms with Crippen molar-refractivity contribution in [2.45, 2.75) is 26.4 Å². The number of hydrogen-bond acceptors (Lipinski definition) is 2. The zero-order valence-corrected chi connectivity index (χ0v) is 6.92. The van der Waals surface area contributed by atoms with Crippen molar-refractivity contribution < 1.29 is 14.6 Å². The molecule has 1 N–H and O–H groups in total. The molecule has 0 aromatic carbocycles. The molecule has 0 bridgehead atoms. The van der Waals surface area contributed by atoms with E-state index in [4.69, 9.17) is 9.84 Å². The fourth-order valence-electron chi connectivity index (χ4n) is 1.32. The Morgan fingerprint density at radius 2 is 2.27 bits per heavy atom. The number of carboxylic acid groups (broad SMARTS) is 1. The summed E-state index contributed by atoms with van der Waals surface area (Å²) in [4.78, 5) is 10.6. The number of carbonyl (C=O) groups is 1. The molecule has 1 aliphatic rings. The lowest BCUT2D eigenvalue weighted by Gasteiger charge is -2.23. The second kappa shape index (κ2) is 2.26. The van der Waals surface area contributed by atoms with Gasteiger partial charge in [-0.15, -0.1) is 0 Å². The van der Waals surface area contributed by atoms with E-state index in [2.05, 4.69) is 0 Å². The highest BCUT2D eigenvalue weighted by atomic mass is 16.5. The van der Waals surface area contributed by atoms with Crippen LogP contribution in [-0.4, -0.2) is 16.7 Å². The lowest BCUT2D eigenvalue weighted by Crippen LogP contribution is -2.33. The van der Waals surface area contributed by atoms with E-state index in [1.54, 1.807) is 26.8 Å². The van der Waals surface area contributed by atoms with Crippen LogP contribution in [0.3, 0.4) is 0 Å². The third-order valence-electron chi connectivity index (χ3n) is 1.84. The molecule has 0 spiro atoms. The molecule has 3 heteroatoms. The predicted octanol–water partition coefficient (Wildman–Crippen LogP) is 1.40. The molecule has 0 amide bonds. The fourth-order valence-corrected chi connectivity index (χ4v) is 1.32. The summed E-state index contributed by atoms with van der Waals surface area (Å²) in [5, 5.41) is 8.74. The maximum absolute atomic E-state index is 10.6. The second-order valence-electron chi connectivity index (χ2n) is 3.30. The summed E-state index contributed by atoms with van der Waals surface area (Å²) < 4.78 is 5.30. The largest absolute Gasteiger partial charge is 0.492 e. The van der Waals surface area contributed by atoms with Crippen molar-refractivity contribution in [3.63, 3.8) is 0 Å². The number of carboxylic acids is 1. The van der Waals surface area contributed by atoms with Crippen LogP contribution >= 0.6 is 0 Å². The molecule has 3 nitrogen and oxygen atoms in total. The third kappa shape index (κ3) is 1.37. The van der Waals surface area contributed by atoms with Crippen molar-refractivity contribution in [1.82, 2.24) is 0 Å². The molecular weight excluding hydrogens is 144 g/mol. The highest BCUT2D eigenvalue weighted by Crippen LogP contribution is 2.32. The summed E-state index contributed by atoms with van der Waals surface area (Å²) in [6.45, 7) is 5.32. The Morgan fingerprint density at radius 1 is 1.73 bits per heavy atom. The number of rotatable bonds is 1. The quantitative estimate of drug-likeness (QED) is 0.624. The van der Waals surface area contributed by atoms with E-state index in [1.807, 2.05) is 0 Å². The first-order chi connectivity index (χ1) is 4.93. The van der Waals surface area contributed by atoms with E-state index in [1.165, 1.54) is 0 Å². The molecule has 0 aromatic rings. The molecule has 11 heavy (non-hydrogen) atoms. The van der Waals surface area contributed by atoms with E-state index in [0.29, 0.717) is 5.76 Å². The summed E-state index contributed by atoms with van der Waals surface area (Å²) in [5.41, 5.74) is -0.587. The maximum Gasteiger partial charge on any atom is 0.314 e. The Kier molecular flexibility index (Phi) is 1.66. The van der Waals surface area contributed by atoms with Crippen LogP contribution in [0.25, 0.3) is 0 Å². The van der Waals surface area contributed by atoms with E-state index >= 15 is 0 Å². The van der Waals surface area contributed by atoms with E-state index < -0.39 is 17.5 Å². The molecular formula is C8H12O3. The molecule has 1 heterocycles.